The molecule has 0 saturated heterocycles. The van der Waals surface area contributed by atoms with E-state index in [-0.39, 0.29) is 11.8 Å². The second kappa shape index (κ2) is 10.2. The molecule has 2 aromatic heterocycles. The van der Waals surface area contributed by atoms with Gasteiger partial charge in [0.25, 0.3) is 0 Å². The Morgan fingerprint density at radius 1 is 1.06 bits per heavy atom. The Hall–Kier alpha value is -4.20. The zero-order valence-corrected chi connectivity index (χ0v) is 20.4. The Morgan fingerprint density at radius 3 is 2.56 bits per heavy atom. The number of carbonyl (C=O) groups is 2. The number of primary amides is 1. The van der Waals surface area contributed by atoms with Crippen LogP contribution in [0.5, 0.6) is 0 Å². The Morgan fingerprint density at radius 2 is 1.86 bits per heavy atom. The summed E-state index contributed by atoms with van der Waals surface area (Å²) < 4.78 is 3.75. The SMILES string of the molecule is Cn1cc(-c2cccc(C(N)=O)c2-c2nc(CCCCNC(=O)C3CC3)cn2-c2ccccc2)cn1. The molecule has 8 nitrogen and oxygen atoms in total. The van der Waals surface area contributed by atoms with Crippen LogP contribution >= 0.6 is 0 Å². The van der Waals surface area contributed by atoms with Crippen LogP contribution in [0.1, 0.15) is 41.7 Å². The van der Waals surface area contributed by atoms with E-state index in [0.29, 0.717) is 23.5 Å². The molecule has 1 aliphatic carbocycles. The largest absolute Gasteiger partial charge is 0.366 e. The lowest BCUT2D eigenvalue weighted by molar-refractivity contribution is -0.122. The number of hydrogen-bond donors (Lipinski definition) is 2. The number of rotatable bonds is 10. The summed E-state index contributed by atoms with van der Waals surface area (Å²) in [6.45, 7) is 0.678. The minimum Gasteiger partial charge on any atom is -0.366 e. The molecule has 0 spiro atoms. The maximum atomic E-state index is 12.5. The van der Waals surface area contributed by atoms with Crippen LogP contribution in [-0.2, 0) is 18.3 Å². The first-order chi connectivity index (χ1) is 17.5. The number of nitrogens with zero attached hydrogens (tertiary/aromatic N) is 4. The molecule has 36 heavy (non-hydrogen) atoms. The maximum Gasteiger partial charge on any atom is 0.249 e. The lowest BCUT2D eigenvalue weighted by Gasteiger charge is -2.14. The summed E-state index contributed by atoms with van der Waals surface area (Å²) in [6.07, 6.45) is 10.3. The van der Waals surface area contributed by atoms with Crippen LogP contribution in [0.3, 0.4) is 0 Å². The molecule has 2 aromatic carbocycles. The molecule has 5 rings (SSSR count). The summed E-state index contributed by atoms with van der Waals surface area (Å²) in [4.78, 5) is 29.4. The zero-order chi connectivity index (χ0) is 25.1. The highest BCUT2D eigenvalue weighted by Crippen LogP contribution is 2.36. The molecule has 0 unspecified atom stereocenters. The maximum absolute atomic E-state index is 12.5. The molecular formula is C28H30N6O2. The van der Waals surface area contributed by atoms with E-state index >= 15 is 0 Å². The van der Waals surface area contributed by atoms with Crippen molar-refractivity contribution in [3.63, 3.8) is 0 Å². The number of nitrogens with two attached hydrogens (primary N) is 1. The molecule has 2 amide bonds. The molecular weight excluding hydrogens is 452 g/mol. The number of nitrogens with one attached hydrogen (secondary N) is 1. The second-order valence-electron chi connectivity index (χ2n) is 9.28. The summed E-state index contributed by atoms with van der Waals surface area (Å²) in [6, 6.07) is 15.5. The lowest BCUT2D eigenvalue weighted by atomic mass is 9.96. The van der Waals surface area contributed by atoms with Crippen LogP contribution in [0, 0.1) is 5.92 Å². The van der Waals surface area contributed by atoms with E-state index in [2.05, 4.69) is 10.4 Å². The van der Waals surface area contributed by atoms with E-state index < -0.39 is 5.91 Å². The van der Waals surface area contributed by atoms with Crippen LogP contribution in [0.2, 0.25) is 0 Å². The first-order valence-electron chi connectivity index (χ1n) is 12.3. The fraction of sp³-hybridized carbons (Fsp3) is 0.286. The van der Waals surface area contributed by atoms with Gasteiger partial charge in [0.2, 0.25) is 11.8 Å². The number of carbonyl (C=O) groups excluding carboxylic acids is 2. The summed E-state index contributed by atoms with van der Waals surface area (Å²) in [7, 11) is 1.86. The number of benzene rings is 2. The van der Waals surface area contributed by atoms with Gasteiger partial charge in [-0.05, 0) is 55.9 Å². The van der Waals surface area contributed by atoms with Crippen molar-refractivity contribution in [2.75, 3.05) is 6.54 Å². The average Bonchev–Trinajstić information content (AvgIpc) is 3.52. The molecule has 2 heterocycles. The van der Waals surface area contributed by atoms with Gasteiger partial charge in [0.15, 0.2) is 0 Å². The number of para-hydroxylation sites is 1. The number of aryl methyl sites for hydroxylation is 2. The minimum absolute atomic E-state index is 0.177. The third-order valence-electron chi connectivity index (χ3n) is 6.47. The quantitative estimate of drug-likeness (QED) is 0.334. The third-order valence-corrected chi connectivity index (χ3v) is 6.47. The number of aromatic nitrogens is 4. The van der Waals surface area contributed by atoms with Crippen LogP contribution in [-0.4, -0.2) is 37.7 Å². The standard InChI is InChI=1S/C28H30N6O2/c1-33-17-20(16-31-33)23-11-7-12-24(26(29)35)25(23)27-32-21(18-34(27)22-9-3-2-4-10-22)8-5-6-15-30-28(36)19-13-14-19/h2-4,7,9-12,16-19H,5-6,8,13-15H2,1H3,(H2,29,35)(H,30,36). The van der Waals surface area contributed by atoms with Crippen molar-refractivity contribution in [2.45, 2.75) is 32.1 Å². The Balaban J connectivity index is 1.49. The molecule has 0 atom stereocenters. The molecule has 0 aliphatic heterocycles. The van der Waals surface area contributed by atoms with Crippen molar-refractivity contribution in [3.8, 4) is 28.2 Å². The average molecular weight is 483 g/mol. The van der Waals surface area contributed by atoms with Gasteiger partial charge in [0, 0.05) is 48.7 Å². The van der Waals surface area contributed by atoms with Crippen LogP contribution in [0.4, 0.5) is 0 Å². The first-order valence-corrected chi connectivity index (χ1v) is 12.3. The van der Waals surface area contributed by atoms with Gasteiger partial charge in [0.05, 0.1) is 17.5 Å². The molecule has 4 aromatic rings. The van der Waals surface area contributed by atoms with Gasteiger partial charge in [-0.3, -0.25) is 18.8 Å². The summed E-state index contributed by atoms with van der Waals surface area (Å²) in [5.74, 6) is 0.558. The predicted octanol–water partition coefficient (Wildman–Crippen LogP) is 3.89. The molecule has 184 valence electrons. The molecule has 3 N–H and O–H groups in total. The van der Waals surface area contributed by atoms with Gasteiger partial charge in [-0.2, -0.15) is 5.10 Å². The third kappa shape index (κ3) is 5.07. The van der Waals surface area contributed by atoms with Gasteiger partial charge >= 0.3 is 0 Å². The predicted molar refractivity (Wildman–Crippen MR) is 138 cm³/mol. The van der Waals surface area contributed by atoms with E-state index in [0.717, 1.165) is 54.6 Å². The van der Waals surface area contributed by atoms with Gasteiger partial charge in [-0.25, -0.2) is 4.98 Å². The highest BCUT2D eigenvalue weighted by molar-refractivity contribution is 6.03. The number of unbranched alkanes of at least 4 members (excludes halogenated alkanes) is 1. The fourth-order valence-electron chi connectivity index (χ4n) is 4.44. The molecule has 1 aliphatic rings. The molecule has 1 saturated carbocycles. The van der Waals surface area contributed by atoms with E-state index in [9.17, 15) is 9.59 Å². The second-order valence-corrected chi connectivity index (χ2v) is 9.28. The Bertz CT molecular complexity index is 1380. The van der Waals surface area contributed by atoms with Gasteiger partial charge in [0.1, 0.15) is 5.82 Å². The molecule has 0 bridgehead atoms. The Kier molecular flexibility index (Phi) is 6.66. The smallest absolute Gasteiger partial charge is 0.249 e. The van der Waals surface area contributed by atoms with Crippen molar-refractivity contribution in [1.82, 2.24) is 24.6 Å². The molecule has 0 radical (unpaired) electrons. The van der Waals surface area contributed by atoms with Gasteiger partial charge in [-0.15, -0.1) is 0 Å². The minimum atomic E-state index is -0.508. The van der Waals surface area contributed by atoms with Gasteiger partial charge < -0.3 is 11.1 Å². The topological polar surface area (TPSA) is 108 Å². The summed E-state index contributed by atoms with van der Waals surface area (Å²) >= 11 is 0. The normalized spacial score (nSPS) is 13.0. The molecule has 1 fully saturated rings. The highest BCUT2D eigenvalue weighted by Gasteiger charge is 2.29. The van der Waals surface area contributed by atoms with Crippen LogP contribution in [0.15, 0.2) is 67.1 Å². The van der Waals surface area contributed by atoms with Crippen molar-refractivity contribution < 1.29 is 9.59 Å². The lowest BCUT2D eigenvalue weighted by Crippen LogP contribution is -2.25. The van der Waals surface area contributed by atoms with E-state index in [4.69, 9.17) is 10.7 Å². The van der Waals surface area contributed by atoms with Gasteiger partial charge in [-0.1, -0.05) is 30.3 Å². The highest BCUT2D eigenvalue weighted by atomic mass is 16.2. The fourth-order valence-corrected chi connectivity index (χ4v) is 4.44. The summed E-state index contributed by atoms with van der Waals surface area (Å²) in [5, 5.41) is 7.34. The zero-order valence-electron chi connectivity index (χ0n) is 20.4. The van der Waals surface area contributed by atoms with Crippen molar-refractivity contribution in [3.05, 3.63) is 78.4 Å². The molecule has 8 heteroatoms. The number of amides is 2. The Labute approximate surface area is 210 Å². The van der Waals surface area contributed by atoms with Crippen molar-refractivity contribution in [1.29, 1.82) is 0 Å². The number of imidazole rings is 1. The van der Waals surface area contributed by atoms with Crippen LogP contribution in [0.25, 0.3) is 28.2 Å². The summed E-state index contributed by atoms with van der Waals surface area (Å²) in [5.41, 5.74) is 10.5. The monoisotopic (exact) mass is 482 g/mol. The van der Waals surface area contributed by atoms with Crippen molar-refractivity contribution >= 4 is 11.8 Å². The van der Waals surface area contributed by atoms with Crippen LogP contribution < -0.4 is 11.1 Å². The van der Waals surface area contributed by atoms with E-state index in [1.165, 1.54) is 0 Å². The van der Waals surface area contributed by atoms with E-state index in [1.807, 2.05) is 66.5 Å². The first kappa shape index (κ1) is 23.5. The van der Waals surface area contributed by atoms with E-state index in [1.54, 1.807) is 16.9 Å². The van der Waals surface area contributed by atoms with Crippen molar-refractivity contribution in [2.24, 2.45) is 18.7 Å². The number of hydrogen-bond acceptors (Lipinski definition) is 4.